The molecule has 0 aliphatic rings. The lowest BCUT2D eigenvalue weighted by Crippen LogP contribution is -2.40. The Kier molecular flexibility index (Phi) is 9.17. The Morgan fingerprint density at radius 2 is 1.75 bits per heavy atom. The minimum absolute atomic E-state index is 0.0787. The number of carbonyl (C=O) groups is 1. The summed E-state index contributed by atoms with van der Waals surface area (Å²) in [7, 11) is -2.05. The molecule has 2 aromatic rings. The van der Waals surface area contributed by atoms with Gasteiger partial charge >= 0.3 is 0 Å². The number of carbonyl (C=O) groups excluding carboxylic acids is 1. The van der Waals surface area contributed by atoms with E-state index in [1.54, 1.807) is 58.2 Å². The zero-order valence-corrected chi connectivity index (χ0v) is 21.4. The second-order valence-corrected chi connectivity index (χ2v) is 10.7. The summed E-state index contributed by atoms with van der Waals surface area (Å²) in [5.74, 6) is 0.190. The van der Waals surface area contributed by atoms with Crippen LogP contribution in [-0.4, -0.2) is 45.3 Å². The predicted molar refractivity (Wildman–Crippen MR) is 132 cm³/mol. The number of rotatable bonds is 8. The van der Waals surface area contributed by atoms with Gasteiger partial charge in [0.15, 0.2) is 5.11 Å². The Balaban J connectivity index is 1.97. The SMILES string of the molecule is COCCOc1ccc(C(=O)NC(=S)Nc2ccc(S(=O)(=O)NC(C)(C)C)cc2)cc1Br. The largest absolute Gasteiger partial charge is 0.490 e. The van der Waals surface area contributed by atoms with Gasteiger partial charge in [0.2, 0.25) is 10.0 Å². The van der Waals surface area contributed by atoms with Crippen molar-refractivity contribution in [2.75, 3.05) is 25.6 Å². The van der Waals surface area contributed by atoms with E-state index in [4.69, 9.17) is 21.7 Å². The van der Waals surface area contributed by atoms with Gasteiger partial charge in [-0.3, -0.25) is 10.1 Å². The molecule has 3 N–H and O–H groups in total. The van der Waals surface area contributed by atoms with Crippen LogP contribution in [0.15, 0.2) is 51.8 Å². The van der Waals surface area contributed by atoms with E-state index < -0.39 is 21.5 Å². The van der Waals surface area contributed by atoms with Crippen molar-refractivity contribution in [3.8, 4) is 5.75 Å². The Morgan fingerprint density at radius 3 is 2.31 bits per heavy atom. The first-order chi connectivity index (χ1) is 14.9. The van der Waals surface area contributed by atoms with E-state index >= 15 is 0 Å². The molecule has 0 aliphatic heterocycles. The van der Waals surface area contributed by atoms with Crippen LogP contribution < -0.4 is 20.1 Å². The third-order valence-electron chi connectivity index (χ3n) is 3.83. The highest BCUT2D eigenvalue weighted by Crippen LogP contribution is 2.26. The average Bonchev–Trinajstić information content (AvgIpc) is 2.67. The Bertz CT molecular complexity index is 1070. The molecule has 0 spiro atoms. The van der Waals surface area contributed by atoms with Crippen molar-refractivity contribution in [1.82, 2.24) is 10.0 Å². The molecule has 0 radical (unpaired) electrons. The lowest BCUT2D eigenvalue weighted by molar-refractivity contribution is 0.0977. The van der Waals surface area contributed by atoms with Crippen LogP contribution >= 0.6 is 28.1 Å². The molecule has 0 saturated carbocycles. The van der Waals surface area contributed by atoms with Crippen LogP contribution in [0.1, 0.15) is 31.1 Å². The monoisotopic (exact) mass is 543 g/mol. The molecule has 8 nitrogen and oxygen atoms in total. The van der Waals surface area contributed by atoms with Crippen LogP contribution in [0.2, 0.25) is 0 Å². The highest BCUT2D eigenvalue weighted by atomic mass is 79.9. The van der Waals surface area contributed by atoms with Crippen molar-refractivity contribution in [2.24, 2.45) is 0 Å². The third kappa shape index (κ3) is 8.14. The van der Waals surface area contributed by atoms with Gasteiger partial charge in [-0.05, 0) is 91.4 Å². The van der Waals surface area contributed by atoms with Crippen LogP contribution in [-0.2, 0) is 14.8 Å². The molecular weight excluding hydrogens is 518 g/mol. The fourth-order valence-corrected chi connectivity index (χ4v) is 4.63. The van der Waals surface area contributed by atoms with E-state index in [-0.39, 0.29) is 10.0 Å². The molecule has 2 rings (SSSR count). The standard InChI is InChI=1S/C21H26BrN3O5S2/c1-21(2,3)25-32(27,28)16-8-6-15(7-9-16)23-20(31)24-19(26)14-5-10-18(17(22)13-14)30-12-11-29-4/h5-10,13,25H,11-12H2,1-4H3,(H2,23,24,26,31). The van der Waals surface area contributed by atoms with E-state index in [2.05, 4.69) is 31.3 Å². The smallest absolute Gasteiger partial charge is 0.257 e. The molecular formula is C21H26BrN3O5S2. The second kappa shape index (κ2) is 11.2. The molecule has 0 aromatic heterocycles. The molecule has 11 heteroatoms. The van der Waals surface area contributed by atoms with Crippen LogP contribution in [0.5, 0.6) is 5.75 Å². The second-order valence-electron chi connectivity index (χ2n) is 7.77. The molecule has 1 amide bonds. The van der Waals surface area contributed by atoms with Crippen LogP contribution in [0, 0.1) is 0 Å². The van der Waals surface area contributed by atoms with Gasteiger partial charge in [0, 0.05) is 23.9 Å². The van der Waals surface area contributed by atoms with Crippen molar-refractivity contribution in [1.29, 1.82) is 0 Å². The highest BCUT2D eigenvalue weighted by molar-refractivity contribution is 9.10. The zero-order valence-electron chi connectivity index (χ0n) is 18.2. The van der Waals surface area contributed by atoms with Gasteiger partial charge in [-0.1, -0.05) is 0 Å². The lowest BCUT2D eigenvalue weighted by Gasteiger charge is -2.20. The summed E-state index contributed by atoms with van der Waals surface area (Å²) in [5.41, 5.74) is 0.327. The van der Waals surface area contributed by atoms with Gasteiger partial charge in [-0.2, -0.15) is 0 Å². The number of methoxy groups -OCH3 is 1. The molecule has 0 heterocycles. The molecule has 0 aliphatic carbocycles. The summed E-state index contributed by atoms with van der Waals surface area (Å²) in [5, 5.41) is 5.53. The number of anilines is 1. The number of ether oxygens (including phenoxy) is 2. The molecule has 0 bridgehead atoms. The normalized spacial score (nSPS) is 11.7. The summed E-state index contributed by atoms with van der Waals surface area (Å²) in [6, 6.07) is 11.0. The first-order valence-corrected chi connectivity index (χ1v) is 12.3. The van der Waals surface area contributed by atoms with E-state index in [9.17, 15) is 13.2 Å². The van der Waals surface area contributed by atoms with Crippen molar-refractivity contribution >= 4 is 54.9 Å². The fourth-order valence-electron chi connectivity index (χ4n) is 2.51. The summed E-state index contributed by atoms with van der Waals surface area (Å²) in [6.45, 7) is 6.14. The summed E-state index contributed by atoms with van der Waals surface area (Å²) < 4.78 is 38.5. The first kappa shape index (κ1) is 26.2. The third-order valence-corrected chi connectivity index (χ3v) is 6.43. The van der Waals surface area contributed by atoms with Gasteiger partial charge in [-0.25, -0.2) is 13.1 Å². The summed E-state index contributed by atoms with van der Waals surface area (Å²) in [4.78, 5) is 12.6. The summed E-state index contributed by atoms with van der Waals surface area (Å²) in [6.07, 6.45) is 0. The molecule has 0 fully saturated rings. The number of hydrogen-bond donors (Lipinski definition) is 3. The van der Waals surface area contributed by atoms with Crippen molar-refractivity contribution < 1.29 is 22.7 Å². The molecule has 174 valence electrons. The predicted octanol–water partition coefficient (Wildman–Crippen LogP) is 3.68. The van der Waals surface area contributed by atoms with Gasteiger partial charge < -0.3 is 14.8 Å². The number of amides is 1. The zero-order chi connectivity index (χ0) is 23.9. The maximum absolute atomic E-state index is 12.5. The van der Waals surface area contributed by atoms with Crippen molar-refractivity contribution in [3.05, 3.63) is 52.5 Å². The van der Waals surface area contributed by atoms with Crippen molar-refractivity contribution in [2.45, 2.75) is 31.2 Å². The van der Waals surface area contributed by atoms with E-state index in [1.807, 2.05) is 0 Å². The first-order valence-electron chi connectivity index (χ1n) is 9.59. The Morgan fingerprint density at radius 1 is 1.09 bits per heavy atom. The quantitative estimate of drug-likeness (QED) is 0.344. The number of thiocarbonyl (C=S) groups is 1. The number of sulfonamides is 1. The van der Waals surface area contributed by atoms with E-state index in [1.165, 1.54) is 12.1 Å². The molecule has 32 heavy (non-hydrogen) atoms. The van der Waals surface area contributed by atoms with E-state index in [0.717, 1.165) is 0 Å². The van der Waals surface area contributed by atoms with Gasteiger partial charge in [-0.15, -0.1) is 0 Å². The average molecular weight is 544 g/mol. The fraction of sp³-hybridized carbons (Fsp3) is 0.333. The van der Waals surface area contributed by atoms with Crippen LogP contribution in [0.3, 0.4) is 0 Å². The number of benzene rings is 2. The summed E-state index contributed by atoms with van der Waals surface area (Å²) >= 11 is 8.58. The van der Waals surface area contributed by atoms with Gasteiger partial charge in [0.25, 0.3) is 5.91 Å². The minimum atomic E-state index is -3.64. The molecule has 2 aromatic carbocycles. The van der Waals surface area contributed by atoms with Crippen molar-refractivity contribution in [3.63, 3.8) is 0 Å². The maximum Gasteiger partial charge on any atom is 0.257 e. The number of hydrogen-bond acceptors (Lipinski definition) is 6. The van der Waals surface area contributed by atoms with Gasteiger partial charge in [0.05, 0.1) is 16.0 Å². The molecule has 0 atom stereocenters. The Hall–Kier alpha value is -2.05. The molecule has 0 unspecified atom stereocenters. The van der Waals surface area contributed by atoms with E-state index in [0.29, 0.717) is 34.7 Å². The Labute approximate surface area is 202 Å². The maximum atomic E-state index is 12.5. The van der Waals surface area contributed by atoms with Gasteiger partial charge in [0.1, 0.15) is 12.4 Å². The topological polar surface area (TPSA) is 106 Å². The van der Waals surface area contributed by atoms with Crippen LogP contribution in [0.4, 0.5) is 5.69 Å². The molecule has 0 saturated heterocycles. The minimum Gasteiger partial charge on any atom is -0.490 e. The number of halogens is 1. The highest BCUT2D eigenvalue weighted by Gasteiger charge is 2.21. The lowest BCUT2D eigenvalue weighted by atomic mass is 10.1. The number of nitrogens with one attached hydrogen (secondary N) is 3. The van der Waals surface area contributed by atoms with Crippen LogP contribution in [0.25, 0.3) is 0 Å².